The summed E-state index contributed by atoms with van der Waals surface area (Å²) in [7, 11) is 0. The molecular weight excluding hydrogens is 369 g/mol. The largest absolute Gasteiger partial charge is 0.490 e. The summed E-state index contributed by atoms with van der Waals surface area (Å²) in [6.45, 7) is 6.88. The Hall–Kier alpha value is -1.29. The zero-order valence-corrected chi connectivity index (χ0v) is 16.1. The topological polar surface area (TPSA) is 30.5 Å². The van der Waals surface area contributed by atoms with Crippen LogP contribution in [0.2, 0.25) is 15.1 Å². The fourth-order valence-corrected chi connectivity index (χ4v) is 2.73. The minimum atomic E-state index is 0.0366. The summed E-state index contributed by atoms with van der Waals surface area (Å²) >= 11 is 18.6. The summed E-state index contributed by atoms with van der Waals surface area (Å²) < 4.78 is 11.4. The van der Waals surface area contributed by atoms with Gasteiger partial charge in [-0.25, -0.2) is 0 Å². The van der Waals surface area contributed by atoms with E-state index in [0.29, 0.717) is 39.7 Å². The van der Waals surface area contributed by atoms with Gasteiger partial charge in [-0.15, -0.1) is 0 Å². The second-order valence-electron chi connectivity index (χ2n) is 5.47. The average molecular weight is 389 g/mol. The van der Waals surface area contributed by atoms with E-state index in [-0.39, 0.29) is 6.10 Å². The van der Waals surface area contributed by atoms with Gasteiger partial charge in [-0.2, -0.15) is 0 Å². The maximum Gasteiger partial charge on any atom is 0.163 e. The fourth-order valence-electron chi connectivity index (χ4n) is 2.15. The number of halogens is 3. The Morgan fingerprint density at radius 2 is 1.75 bits per heavy atom. The quantitative estimate of drug-likeness (QED) is 0.591. The molecule has 0 saturated heterocycles. The molecule has 0 amide bonds. The van der Waals surface area contributed by atoms with Crippen LogP contribution in [-0.2, 0) is 6.54 Å². The van der Waals surface area contributed by atoms with Crippen molar-refractivity contribution in [1.82, 2.24) is 0 Å². The lowest BCUT2D eigenvalue weighted by atomic mass is 10.2. The van der Waals surface area contributed by atoms with E-state index < -0.39 is 0 Å². The molecule has 2 aromatic carbocycles. The number of rotatable bonds is 7. The maximum atomic E-state index is 6.39. The van der Waals surface area contributed by atoms with E-state index in [1.165, 1.54) is 0 Å². The molecule has 0 saturated carbocycles. The maximum absolute atomic E-state index is 6.39. The number of ether oxygens (including phenoxy) is 2. The van der Waals surface area contributed by atoms with Gasteiger partial charge in [0.05, 0.1) is 23.4 Å². The third kappa shape index (κ3) is 5.10. The Balaban J connectivity index is 2.23. The van der Waals surface area contributed by atoms with Crippen molar-refractivity contribution in [1.29, 1.82) is 0 Å². The summed E-state index contributed by atoms with van der Waals surface area (Å²) in [5, 5.41) is 5.05. The van der Waals surface area contributed by atoms with Crippen molar-refractivity contribution >= 4 is 40.5 Å². The molecule has 1 N–H and O–H groups in total. The van der Waals surface area contributed by atoms with Crippen molar-refractivity contribution in [3.8, 4) is 11.5 Å². The lowest BCUT2D eigenvalue weighted by Crippen LogP contribution is -2.08. The first-order valence-electron chi connectivity index (χ1n) is 7.71. The SMILES string of the molecule is CCOc1cc(CNc2cc(Cl)ccc2Cl)c(Cl)cc1OC(C)C. The van der Waals surface area contributed by atoms with Gasteiger partial charge in [0.1, 0.15) is 0 Å². The van der Waals surface area contributed by atoms with E-state index in [9.17, 15) is 0 Å². The molecule has 24 heavy (non-hydrogen) atoms. The van der Waals surface area contributed by atoms with Crippen LogP contribution in [0.25, 0.3) is 0 Å². The van der Waals surface area contributed by atoms with Crippen molar-refractivity contribution in [2.45, 2.75) is 33.4 Å². The Morgan fingerprint density at radius 1 is 1.00 bits per heavy atom. The lowest BCUT2D eigenvalue weighted by molar-refractivity contribution is 0.224. The molecule has 0 unspecified atom stereocenters. The molecule has 0 fully saturated rings. The number of benzene rings is 2. The highest BCUT2D eigenvalue weighted by atomic mass is 35.5. The van der Waals surface area contributed by atoms with Crippen LogP contribution in [0.15, 0.2) is 30.3 Å². The summed E-state index contributed by atoms with van der Waals surface area (Å²) in [6.07, 6.45) is 0.0366. The highest BCUT2D eigenvalue weighted by Crippen LogP contribution is 2.35. The molecule has 0 aliphatic heterocycles. The smallest absolute Gasteiger partial charge is 0.163 e. The van der Waals surface area contributed by atoms with Gasteiger partial charge in [0.15, 0.2) is 11.5 Å². The number of hydrogen-bond donors (Lipinski definition) is 1. The molecule has 0 atom stereocenters. The minimum Gasteiger partial charge on any atom is -0.490 e. The average Bonchev–Trinajstić information content (AvgIpc) is 2.51. The van der Waals surface area contributed by atoms with Crippen LogP contribution in [0, 0.1) is 0 Å². The molecule has 0 radical (unpaired) electrons. The predicted octanol–water partition coefficient (Wildman–Crippen LogP) is 6.44. The molecule has 0 aliphatic carbocycles. The first kappa shape index (κ1) is 19.0. The summed E-state index contributed by atoms with van der Waals surface area (Å²) in [4.78, 5) is 0. The van der Waals surface area contributed by atoms with Gasteiger partial charge < -0.3 is 14.8 Å². The summed E-state index contributed by atoms with van der Waals surface area (Å²) in [5.74, 6) is 1.31. The third-order valence-corrected chi connectivity index (χ3v) is 4.09. The van der Waals surface area contributed by atoms with Crippen molar-refractivity contribution < 1.29 is 9.47 Å². The zero-order chi connectivity index (χ0) is 17.7. The number of hydrogen-bond acceptors (Lipinski definition) is 3. The van der Waals surface area contributed by atoms with Crippen LogP contribution in [0.1, 0.15) is 26.3 Å². The van der Waals surface area contributed by atoms with Gasteiger partial charge in [-0.1, -0.05) is 34.8 Å². The van der Waals surface area contributed by atoms with Crippen molar-refractivity contribution in [3.63, 3.8) is 0 Å². The van der Waals surface area contributed by atoms with Crippen LogP contribution in [0.3, 0.4) is 0 Å². The second kappa shape index (κ2) is 8.70. The van der Waals surface area contributed by atoms with Crippen LogP contribution in [-0.4, -0.2) is 12.7 Å². The molecule has 2 aromatic rings. The molecule has 0 heterocycles. The molecule has 3 nitrogen and oxygen atoms in total. The zero-order valence-electron chi connectivity index (χ0n) is 13.8. The molecule has 0 bridgehead atoms. The first-order valence-corrected chi connectivity index (χ1v) is 8.85. The Labute approximate surface area is 157 Å². The van der Waals surface area contributed by atoms with Gasteiger partial charge in [0, 0.05) is 22.7 Å². The van der Waals surface area contributed by atoms with Gasteiger partial charge in [-0.05, 0) is 50.6 Å². The number of anilines is 1. The summed E-state index contributed by atoms with van der Waals surface area (Å²) in [6, 6.07) is 8.93. The van der Waals surface area contributed by atoms with Crippen LogP contribution >= 0.6 is 34.8 Å². The predicted molar refractivity (Wildman–Crippen MR) is 102 cm³/mol. The van der Waals surface area contributed by atoms with Gasteiger partial charge >= 0.3 is 0 Å². The normalized spacial score (nSPS) is 10.8. The Bertz CT molecular complexity index is 705. The molecule has 2 rings (SSSR count). The standard InChI is InChI=1S/C18H20Cl3NO2/c1-4-23-17-7-12(15(21)9-18(17)24-11(2)3)10-22-16-8-13(19)5-6-14(16)20/h5-9,11,22H,4,10H2,1-3H3. The molecular formula is C18H20Cl3NO2. The lowest BCUT2D eigenvalue weighted by Gasteiger charge is -2.17. The Morgan fingerprint density at radius 3 is 2.42 bits per heavy atom. The Kier molecular flexibility index (Phi) is 6.90. The monoisotopic (exact) mass is 387 g/mol. The third-order valence-electron chi connectivity index (χ3n) is 3.17. The van der Waals surface area contributed by atoms with Crippen LogP contribution in [0.5, 0.6) is 11.5 Å². The van der Waals surface area contributed by atoms with Crippen LogP contribution < -0.4 is 14.8 Å². The molecule has 0 aliphatic rings. The molecule has 0 spiro atoms. The minimum absolute atomic E-state index is 0.0366. The fraction of sp³-hybridized carbons (Fsp3) is 0.333. The second-order valence-corrected chi connectivity index (χ2v) is 6.72. The van der Waals surface area contributed by atoms with Gasteiger partial charge in [0.25, 0.3) is 0 Å². The van der Waals surface area contributed by atoms with E-state index in [1.807, 2.05) is 26.8 Å². The van der Waals surface area contributed by atoms with Crippen molar-refractivity contribution in [2.75, 3.05) is 11.9 Å². The number of nitrogens with one attached hydrogen (secondary N) is 1. The first-order chi connectivity index (χ1) is 11.4. The van der Waals surface area contributed by atoms with Crippen molar-refractivity contribution in [2.24, 2.45) is 0 Å². The van der Waals surface area contributed by atoms with Crippen LogP contribution in [0.4, 0.5) is 5.69 Å². The molecule has 6 heteroatoms. The van der Waals surface area contributed by atoms with E-state index >= 15 is 0 Å². The van der Waals surface area contributed by atoms with E-state index in [1.54, 1.807) is 24.3 Å². The summed E-state index contributed by atoms with van der Waals surface area (Å²) in [5.41, 5.74) is 1.63. The van der Waals surface area contributed by atoms with E-state index in [4.69, 9.17) is 44.3 Å². The molecule has 130 valence electrons. The highest BCUT2D eigenvalue weighted by Gasteiger charge is 2.13. The molecule has 0 aromatic heterocycles. The van der Waals surface area contributed by atoms with E-state index in [0.717, 1.165) is 11.3 Å². The van der Waals surface area contributed by atoms with Crippen molar-refractivity contribution in [3.05, 3.63) is 51.0 Å². The van der Waals surface area contributed by atoms with E-state index in [2.05, 4.69) is 5.32 Å². The van der Waals surface area contributed by atoms with Gasteiger partial charge in [-0.3, -0.25) is 0 Å². The van der Waals surface area contributed by atoms with Gasteiger partial charge in [0.2, 0.25) is 0 Å². The highest BCUT2D eigenvalue weighted by molar-refractivity contribution is 6.35.